The van der Waals surface area contributed by atoms with Gasteiger partial charge in [-0.3, -0.25) is 4.79 Å². The SMILES string of the molecule is Cc1cccc(SCC(=O)Nc2cc(F)ccc2F)c1N. The standard InChI is InChI=1S/C15H14F2N2OS/c1-9-3-2-4-13(15(9)18)21-8-14(20)19-12-7-10(16)5-6-11(12)17/h2-7H,8,18H2,1H3,(H,19,20). The topological polar surface area (TPSA) is 55.1 Å². The summed E-state index contributed by atoms with van der Waals surface area (Å²) in [5.41, 5.74) is 7.28. The Bertz CT molecular complexity index is 677. The lowest BCUT2D eigenvalue weighted by Gasteiger charge is -2.09. The molecule has 0 aliphatic carbocycles. The van der Waals surface area contributed by atoms with E-state index in [-0.39, 0.29) is 11.4 Å². The molecule has 2 aromatic rings. The van der Waals surface area contributed by atoms with Gasteiger partial charge in [-0.1, -0.05) is 12.1 Å². The molecule has 3 N–H and O–H groups in total. The zero-order valence-electron chi connectivity index (χ0n) is 11.3. The molecule has 0 heterocycles. The fourth-order valence-electron chi connectivity index (χ4n) is 1.70. The Morgan fingerprint density at radius 1 is 1.29 bits per heavy atom. The summed E-state index contributed by atoms with van der Waals surface area (Å²) in [7, 11) is 0. The number of carbonyl (C=O) groups excluding carboxylic acids is 1. The Balaban J connectivity index is 1.99. The molecule has 0 radical (unpaired) electrons. The molecule has 0 bridgehead atoms. The van der Waals surface area contributed by atoms with Crippen molar-refractivity contribution in [1.29, 1.82) is 0 Å². The monoisotopic (exact) mass is 308 g/mol. The van der Waals surface area contributed by atoms with E-state index in [0.717, 1.165) is 28.7 Å². The Labute approximate surface area is 125 Å². The molecule has 0 spiro atoms. The van der Waals surface area contributed by atoms with Crippen molar-refractivity contribution < 1.29 is 13.6 Å². The van der Waals surface area contributed by atoms with E-state index in [4.69, 9.17) is 5.73 Å². The maximum Gasteiger partial charge on any atom is 0.234 e. The Hall–Kier alpha value is -2.08. The summed E-state index contributed by atoms with van der Waals surface area (Å²) in [4.78, 5) is 12.6. The summed E-state index contributed by atoms with van der Waals surface area (Å²) in [6.07, 6.45) is 0. The van der Waals surface area contributed by atoms with Crippen LogP contribution in [0, 0.1) is 18.6 Å². The highest BCUT2D eigenvalue weighted by molar-refractivity contribution is 8.00. The van der Waals surface area contributed by atoms with Crippen molar-refractivity contribution in [2.24, 2.45) is 0 Å². The third kappa shape index (κ3) is 3.95. The van der Waals surface area contributed by atoms with Crippen LogP contribution in [-0.2, 0) is 4.79 Å². The van der Waals surface area contributed by atoms with E-state index >= 15 is 0 Å². The molecule has 0 saturated carbocycles. The number of hydrogen-bond acceptors (Lipinski definition) is 3. The summed E-state index contributed by atoms with van der Waals surface area (Å²) >= 11 is 1.25. The van der Waals surface area contributed by atoms with Crippen molar-refractivity contribution in [3.8, 4) is 0 Å². The summed E-state index contributed by atoms with van der Waals surface area (Å²) in [5, 5.41) is 2.34. The van der Waals surface area contributed by atoms with Gasteiger partial charge < -0.3 is 11.1 Å². The van der Waals surface area contributed by atoms with Gasteiger partial charge in [-0.05, 0) is 30.7 Å². The van der Waals surface area contributed by atoms with E-state index in [1.807, 2.05) is 25.1 Å². The fourth-order valence-corrected chi connectivity index (χ4v) is 2.55. The van der Waals surface area contributed by atoms with E-state index in [9.17, 15) is 13.6 Å². The van der Waals surface area contributed by atoms with E-state index in [1.165, 1.54) is 11.8 Å². The molecule has 2 rings (SSSR count). The second kappa shape index (κ2) is 6.58. The number of hydrogen-bond donors (Lipinski definition) is 2. The van der Waals surface area contributed by atoms with Crippen molar-refractivity contribution >= 4 is 29.0 Å². The van der Waals surface area contributed by atoms with Gasteiger partial charge in [-0.25, -0.2) is 8.78 Å². The molecule has 0 aliphatic rings. The van der Waals surface area contributed by atoms with E-state index < -0.39 is 17.5 Å². The number of rotatable bonds is 4. The van der Waals surface area contributed by atoms with Gasteiger partial charge in [-0.15, -0.1) is 11.8 Å². The van der Waals surface area contributed by atoms with Crippen LogP contribution in [0.15, 0.2) is 41.3 Å². The molecule has 6 heteroatoms. The third-order valence-electron chi connectivity index (χ3n) is 2.85. The van der Waals surface area contributed by atoms with Gasteiger partial charge in [0, 0.05) is 16.6 Å². The normalized spacial score (nSPS) is 10.4. The Morgan fingerprint density at radius 3 is 2.81 bits per heavy atom. The average Bonchev–Trinajstić information content (AvgIpc) is 2.44. The number of aryl methyl sites for hydroxylation is 1. The van der Waals surface area contributed by atoms with E-state index in [1.54, 1.807) is 0 Å². The first kappa shape index (κ1) is 15.3. The molecule has 3 nitrogen and oxygen atoms in total. The van der Waals surface area contributed by atoms with Crippen molar-refractivity contribution in [2.45, 2.75) is 11.8 Å². The highest BCUT2D eigenvalue weighted by Crippen LogP contribution is 2.27. The van der Waals surface area contributed by atoms with Crippen LogP contribution in [0.2, 0.25) is 0 Å². The Morgan fingerprint density at radius 2 is 2.05 bits per heavy atom. The Kier molecular flexibility index (Phi) is 4.80. The van der Waals surface area contributed by atoms with Gasteiger partial charge in [0.25, 0.3) is 0 Å². The van der Waals surface area contributed by atoms with Gasteiger partial charge in [0.2, 0.25) is 5.91 Å². The summed E-state index contributed by atoms with van der Waals surface area (Å²) < 4.78 is 26.4. The molecule has 0 aromatic heterocycles. The lowest BCUT2D eigenvalue weighted by molar-refractivity contribution is -0.113. The number of thioether (sulfide) groups is 1. The first-order valence-electron chi connectivity index (χ1n) is 6.20. The smallest absolute Gasteiger partial charge is 0.234 e. The summed E-state index contributed by atoms with van der Waals surface area (Å²) in [6, 6.07) is 8.44. The number of nitrogens with one attached hydrogen (secondary N) is 1. The molecule has 1 amide bonds. The highest BCUT2D eigenvalue weighted by atomic mass is 32.2. The van der Waals surface area contributed by atoms with Crippen molar-refractivity contribution in [2.75, 3.05) is 16.8 Å². The lowest BCUT2D eigenvalue weighted by Crippen LogP contribution is -2.15. The average molecular weight is 308 g/mol. The number of benzene rings is 2. The second-order valence-electron chi connectivity index (χ2n) is 4.45. The number of anilines is 2. The first-order chi connectivity index (χ1) is 9.97. The highest BCUT2D eigenvalue weighted by Gasteiger charge is 2.10. The van der Waals surface area contributed by atoms with E-state index in [0.29, 0.717) is 5.69 Å². The molecule has 0 atom stereocenters. The molecule has 110 valence electrons. The zero-order valence-corrected chi connectivity index (χ0v) is 12.1. The van der Waals surface area contributed by atoms with Crippen LogP contribution >= 0.6 is 11.8 Å². The first-order valence-corrected chi connectivity index (χ1v) is 7.18. The number of nitrogen functional groups attached to an aromatic ring is 1. The van der Waals surface area contributed by atoms with Crippen LogP contribution < -0.4 is 11.1 Å². The predicted octanol–water partition coefficient (Wildman–Crippen LogP) is 3.59. The van der Waals surface area contributed by atoms with Crippen LogP contribution in [0.4, 0.5) is 20.2 Å². The van der Waals surface area contributed by atoms with Crippen LogP contribution in [0.25, 0.3) is 0 Å². The maximum absolute atomic E-state index is 13.4. The second-order valence-corrected chi connectivity index (χ2v) is 5.46. The van der Waals surface area contributed by atoms with Crippen LogP contribution in [0.1, 0.15) is 5.56 Å². The minimum absolute atomic E-state index is 0.0591. The molecule has 0 saturated heterocycles. The van der Waals surface area contributed by atoms with Crippen molar-refractivity contribution in [1.82, 2.24) is 0 Å². The van der Waals surface area contributed by atoms with Crippen molar-refractivity contribution in [3.63, 3.8) is 0 Å². The van der Waals surface area contributed by atoms with Gasteiger partial charge in [0.15, 0.2) is 0 Å². The minimum atomic E-state index is -0.676. The third-order valence-corrected chi connectivity index (χ3v) is 3.92. The van der Waals surface area contributed by atoms with Gasteiger partial charge in [0.1, 0.15) is 11.6 Å². The van der Waals surface area contributed by atoms with Crippen LogP contribution in [0.5, 0.6) is 0 Å². The number of halogens is 2. The number of nitrogens with two attached hydrogens (primary N) is 1. The fraction of sp³-hybridized carbons (Fsp3) is 0.133. The maximum atomic E-state index is 13.4. The minimum Gasteiger partial charge on any atom is -0.398 e. The lowest BCUT2D eigenvalue weighted by atomic mass is 10.2. The zero-order chi connectivity index (χ0) is 15.4. The molecule has 21 heavy (non-hydrogen) atoms. The number of carbonyl (C=O) groups is 1. The van der Waals surface area contributed by atoms with Crippen LogP contribution in [0.3, 0.4) is 0 Å². The van der Waals surface area contributed by atoms with Gasteiger partial charge in [-0.2, -0.15) is 0 Å². The predicted molar refractivity (Wildman–Crippen MR) is 81.3 cm³/mol. The molecule has 0 unspecified atom stereocenters. The number of para-hydroxylation sites is 1. The number of amides is 1. The molecule has 0 fully saturated rings. The molecular formula is C15H14F2N2OS. The van der Waals surface area contributed by atoms with Crippen LogP contribution in [-0.4, -0.2) is 11.7 Å². The molecule has 0 aliphatic heterocycles. The summed E-state index contributed by atoms with van der Waals surface area (Å²) in [5.74, 6) is -1.65. The molecular weight excluding hydrogens is 294 g/mol. The molecule has 2 aromatic carbocycles. The quantitative estimate of drug-likeness (QED) is 0.670. The van der Waals surface area contributed by atoms with Crippen molar-refractivity contribution in [3.05, 3.63) is 53.6 Å². The largest absolute Gasteiger partial charge is 0.398 e. The van der Waals surface area contributed by atoms with Gasteiger partial charge >= 0.3 is 0 Å². The van der Waals surface area contributed by atoms with E-state index in [2.05, 4.69) is 5.32 Å². The van der Waals surface area contributed by atoms with Gasteiger partial charge in [0.05, 0.1) is 11.4 Å². The summed E-state index contributed by atoms with van der Waals surface area (Å²) in [6.45, 7) is 1.88.